The summed E-state index contributed by atoms with van der Waals surface area (Å²) in [4.78, 5) is 84.2. The first-order chi connectivity index (χ1) is 29.3. The molecule has 15 nitrogen and oxygen atoms in total. The third-order valence-electron chi connectivity index (χ3n) is 16.4. The van der Waals surface area contributed by atoms with Crippen LogP contribution in [0.3, 0.4) is 0 Å². The lowest BCUT2D eigenvalue weighted by Gasteiger charge is -2.67. The Bertz CT molecular complexity index is 1790. The zero-order valence-electron chi connectivity index (χ0n) is 37.4. The predicted molar refractivity (Wildman–Crippen MR) is 220 cm³/mol. The van der Waals surface area contributed by atoms with Crippen LogP contribution in [-0.4, -0.2) is 111 Å². The molecule has 1 aliphatic heterocycles. The van der Waals surface area contributed by atoms with E-state index in [1.54, 1.807) is 20.8 Å². The van der Waals surface area contributed by atoms with Crippen molar-refractivity contribution in [2.75, 3.05) is 6.61 Å². The molecular formula is C47H69NO14. The fourth-order valence-electron chi connectivity index (χ4n) is 12.8. The monoisotopic (exact) mass is 871 g/mol. The van der Waals surface area contributed by atoms with Crippen molar-refractivity contribution in [3.05, 3.63) is 11.1 Å². The van der Waals surface area contributed by atoms with E-state index in [4.69, 9.17) is 23.7 Å². The zero-order chi connectivity index (χ0) is 44.9. The van der Waals surface area contributed by atoms with Gasteiger partial charge in [-0.1, -0.05) is 71.6 Å². The van der Waals surface area contributed by atoms with Crippen LogP contribution in [0.5, 0.6) is 0 Å². The highest BCUT2D eigenvalue weighted by atomic mass is 16.6. The Balaban J connectivity index is 1.34. The third-order valence-corrected chi connectivity index (χ3v) is 16.4. The average molecular weight is 872 g/mol. The number of esters is 4. The summed E-state index contributed by atoms with van der Waals surface area (Å²) >= 11 is 0. The van der Waals surface area contributed by atoms with Crippen molar-refractivity contribution in [2.45, 2.75) is 205 Å². The number of ether oxygens (including phenoxy) is 5. The topological polar surface area (TPSA) is 221 Å². The Labute approximate surface area is 364 Å². The van der Waals surface area contributed by atoms with Crippen LogP contribution >= 0.6 is 0 Å². The van der Waals surface area contributed by atoms with E-state index in [0.717, 1.165) is 77.6 Å². The molecule has 15 heteroatoms. The molecule has 11 atom stereocenters. The summed E-state index contributed by atoms with van der Waals surface area (Å²) in [7, 11) is 0. The van der Waals surface area contributed by atoms with Gasteiger partial charge in [0, 0.05) is 38.0 Å². The quantitative estimate of drug-likeness (QED) is 0.135. The van der Waals surface area contributed by atoms with Gasteiger partial charge in [0.2, 0.25) is 5.91 Å². The number of nitrogens with one attached hydrogen (secondary N) is 1. The predicted octanol–water partition coefficient (Wildman–Crippen LogP) is 4.48. The standard InChI is InChI=1S/C47H69NO14/c1-25-31(60-43(56)36(52)35(28-16-10-7-11-17-28)48-41(54)29-18-12-8-13-19-29)23-47(57)40(61-42(55)30-20-14-9-15-21-30)38-45(6,32(51)22-33-46(38,24-58-33)62-27(3)50)39(53)37(59-26(2)49)34(25)44(47,4)5/h28-33,35-38,40,51-52,57H,7-24H2,1-6H3,(H,48,54)/t31-,32-,33+,35-,36+,37+,38-,40-,45+,46-,47+/m0/s1. The van der Waals surface area contributed by atoms with E-state index in [9.17, 15) is 39.3 Å². The molecule has 0 aromatic rings. The molecule has 6 fully saturated rings. The molecule has 1 amide bonds. The molecule has 7 aliphatic rings. The second-order valence-electron chi connectivity index (χ2n) is 20.4. The third kappa shape index (κ3) is 8.03. The number of hydrogen-bond acceptors (Lipinski definition) is 14. The molecular weight excluding hydrogens is 803 g/mol. The van der Waals surface area contributed by atoms with Gasteiger partial charge in [-0.25, -0.2) is 4.79 Å². The Morgan fingerprint density at radius 1 is 0.806 bits per heavy atom. The highest BCUT2D eigenvalue weighted by Gasteiger charge is 2.78. The SMILES string of the molecule is CC(=O)O[C@H]1C(=O)[C@@]2(C)[C@H]([C@H](OC(=O)C3CCCCC3)[C@]3(O)C[C@H](OC(=O)[C@H](O)[C@@H](NC(=O)C4CCCCC4)C4CCCCC4)C(C)=C1C3(C)C)[C@]1(OC(C)=O)CO[C@@H]1C[C@@H]2O. The van der Waals surface area contributed by atoms with Gasteiger partial charge in [0.15, 0.2) is 23.6 Å². The number of amides is 1. The van der Waals surface area contributed by atoms with Crippen molar-refractivity contribution in [1.82, 2.24) is 5.32 Å². The summed E-state index contributed by atoms with van der Waals surface area (Å²) in [6.07, 6.45) is 2.45. The van der Waals surface area contributed by atoms with Crippen LogP contribution in [-0.2, 0) is 52.5 Å². The number of aliphatic hydroxyl groups is 3. The van der Waals surface area contributed by atoms with E-state index in [0.29, 0.717) is 25.7 Å². The van der Waals surface area contributed by atoms with Crippen molar-refractivity contribution in [3.63, 3.8) is 0 Å². The van der Waals surface area contributed by atoms with Crippen LogP contribution in [0.25, 0.3) is 0 Å². The molecule has 1 heterocycles. The fourth-order valence-corrected chi connectivity index (χ4v) is 12.8. The molecule has 0 aromatic carbocycles. The van der Waals surface area contributed by atoms with Gasteiger partial charge < -0.3 is 44.3 Å². The number of ketones is 1. The molecule has 2 bridgehead atoms. The van der Waals surface area contributed by atoms with Crippen LogP contribution in [0.1, 0.15) is 151 Å². The molecule has 0 spiro atoms. The van der Waals surface area contributed by atoms with Gasteiger partial charge >= 0.3 is 23.9 Å². The second kappa shape index (κ2) is 17.9. The average Bonchev–Trinajstić information content (AvgIpc) is 3.24. The summed E-state index contributed by atoms with van der Waals surface area (Å²) in [5, 5.41) is 40.9. The van der Waals surface area contributed by atoms with Crippen LogP contribution in [0.2, 0.25) is 0 Å². The van der Waals surface area contributed by atoms with E-state index < -0.39 is 113 Å². The van der Waals surface area contributed by atoms with Gasteiger partial charge in [-0.05, 0) is 69.4 Å². The first kappa shape index (κ1) is 46.6. The number of Topliss-reactive ketones (excluding diaryl/α,β-unsaturated/α-hetero) is 1. The number of aliphatic hydroxyl groups excluding tert-OH is 2. The van der Waals surface area contributed by atoms with E-state index in [1.807, 2.05) is 0 Å². The minimum atomic E-state index is -2.27. The molecule has 62 heavy (non-hydrogen) atoms. The molecule has 4 N–H and O–H groups in total. The van der Waals surface area contributed by atoms with E-state index in [-0.39, 0.29) is 41.9 Å². The number of carbonyl (C=O) groups is 6. The smallest absolute Gasteiger partial charge is 0.337 e. The molecule has 346 valence electrons. The van der Waals surface area contributed by atoms with E-state index in [1.165, 1.54) is 13.8 Å². The number of hydrogen-bond donors (Lipinski definition) is 4. The van der Waals surface area contributed by atoms with Crippen molar-refractivity contribution < 1.29 is 67.8 Å². The van der Waals surface area contributed by atoms with E-state index >= 15 is 4.79 Å². The summed E-state index contributed by atoms with van der Waals surface area (Å²) in [5.41, 5.74) is -7.13. The maximum atomic E-state index is 15.5. The van der Waals surface area contributed by atoms with Gasteiger partial charge in [-0.2, -0.15) is 0 Å². The molecule has 1 saturated heterocycles. The minimum absolute atomic E-state index is 0.0901. The largest absolute Gasteiger partial charge is 0.459 e. The second-order valence-corrected chi connectivity index (χ2v) is 20.4. The molecule has 0 unspecified atom stereocenters. The maximum Gasteiger partial charge on any atom is 0.337 e. The number of rotatable bonds is 10. The zero-order valence-corrected chi connectivity index (χ0v) is 37.4. The number of carbonyl (C=O) groups excluding carboxylic acids is 6. The molecule has 6 aliphatic carbocycles. The Morgan fingerprint density at radius 2 is 1.39 bits per heavy atom. The summed E-state index contributed by atoms with van der Waals surface area (Å²) in [5.74, 6) is -6.63. The van der Waals surface area contributed by atoms with Crippen LogP contribution < -0.4 is 5.32 Å². The van der Waals surface area contributed by atoms with Gasteiger partial charge in [0.1, 0.15) is 23.9 Å². The Kier molecular flexibility index (Phi) is 13.4. The van der Waals surface area contributed by atoms with Gasteiger partial charge in [-0.15, -0.1) is 0 Å². The van der Waals surface area contributed by atoms with Gasteiger partial charge in [-0.3, -0.25) is 24.0 Å². The first-order valence-corrected chi connectivity index (χ1v) is 23.3. The lowest BCUT2D eigenvalue weighted by atomic mass is 9.44. The van der Waals surface area contributed by atoms with Crippen LogP contribution in [0.4, 0.5) is 0 Å². The first-order valence-electron chi connectivity index (χ1n) is 23.3. The molecule has 5 saturated carbocycles. The van der Waals surface area contributed by atoms with Crippen LogP contribution in [0, 0.1) is 34.5 Å². The maximum absolute atomic E-state index is 15.5. The van der Waals surface area contributed by atoms with Crippen LogP contribution in [0.15, 0.2) is 11.1 Å². The van der Waals surface area contributed by atoms with Crippen molar-refractivity contribution >= 4 is 35.6 Å². The molecule has 7 rings (SSSR count). The minimum Gasteiger partial charge on any atom is -0.459 e. The molecule has 0 aromatic heterocycles. The van der Waals surface area contributed by atoms with Crippen molar-refractivity contribution in [3.8, 4) is 0 Å². The highest BCUT2D eigenvalue weighted by molar-refractivity contribution is 5.95. The highest BCUT2D eigenvalue weighted by Crippen LogP contribution is 2.64. The van der Waals surface area contributed by atoms with Gasteiger partial charge in [0.25, 0.3) is 0 Å². The molecule has 0 radical (unpaired) electrons. The lowest BCUT2D eigenvalue weighted by molar-refractivity contribution is -0.347. The Morgan fingerprint density at radius 3 is 1.94 bits per heavy atom. The number of fused-ring (bicyclic) bond motifs is 5. The fraction of sp³-hybridized carbons (Fsp3) is 0.830. The van der Waals surface area contributed by atoms with Crippen molar-refractivity contribution in [1.29, 1.82) is 0 Å². The summed E-state index contributed by atoms with van der Waals surface area (Å²) in [6.45, 7) is 8.43. The summed E-state index contributed by atoms with van der Waals surface area (Å²) in [6, 6.07) is -0.943. The van der Waals surface area contributed by atoms with Gasteiger partial charge in [0.05, 0.1) is 36.0 Å². The Hall–Kier alpha value is -3.40. The van der Waals surface area contributed by atoms with E-state index in [2.05, 4.69) is 5.32 Å². The lowest BCUT2D eigenvalue weighted by Crippen LogP contribution is -2.82. The van der Waals surface area contributed by atoms with Crippen molar-refractivity contribution in [2.24, 2.45) is 34.5 Å². The summed E-state index contributed by atoms with van der Waals surface area (Å²) < 4.78 is 30.8. The normalized spacial score (nSPS) is 37.5.